The van der Waals surface area contributed by atoms with Crippen molar-refractivity contribution in [2.24, 2.45) is 0 Å². The Kier molecular flexibility index (Phi) is 7.91. The van der Waals surface area contributed by atoms with Crippen LogP contribution in [0.1, 0.15) is 38.8 Å². The third-order valence-electron chi connectivity index (χ3n) is 5.28. The SMILES string of the molecule is CCN(CC(=O)Nc1ccccc1C(F)(F)F)C(=O)c1ccc(C)c(NC(=O)c2ccccc2)c1. The Morgan fingerprint density at radius 1 is 0.829 bits per heavy atom. The molecule has 0 aliphatic rings. The molecule has 0 saturated heterocycles. The first-order chi connectivity index (χ1) is 16.6. The van der Waals surface area contributed by atoms with Crippen LogP contribution in [-0.2, 0) is 11.0 Å². The highest BCUT2D eigenvalue weighted by Crippen LogP contribution is 2.34. The zero-order chi connectivity index (χ0) is 25.6. The number of hydrogen-bond acceptors (Lipinski definition) is 3. The predicted octanol–water partition coefficient (Wildman–Crippen LogP) is 5.37. The molecule has 0 spiro atoms. The van der Waals surface area contributed by atoms with E-state index in [9.17, 15) is 27.6 Å². The molecule has 3 aromatic carbocycles. The number of amides is 3. The lowest BCUT2D eigenvalue weighted by Gasteiger charge is -2.22. The van der Waals surface area contributed by atoms with Gasteiger partial charge in [0.15, 0.2) is 0 Å². The first-order valence-electron chi connectivity index (χ1n) is 10.8. The number of carbonyl (C=O) groups is 3. The average Bonchev–Trinajstić information content (AvgIpc) is 2.83. The molecule has 0 radical (unpaired) electrons. The molecule has 3 rings (SSSR count). The highest BCUT2D eigenvalue weighted by molar-refractivity contribution is 6.06. The molecule has 0 atom stereocenters. The lowest BCUT2D eigenvalue weighted by molar-refractivity contribution is -0.137. The van der Waals surface area contributed by atoms with E-state index in [2.05, 4.69) is 10.6 Å². The number of rotatable bonds is 7. The quantitative estimate of drug-likeness (QED) is 0.475. The van der Waals surface area contributed by atoms with Crippen LogP contribution in [0.2, 0.25) is 0 Å². The monoisotopic (exact) mass is 483 g/mol. The second-order valence-electron chi connectivity index (χ2n) is 7.76. The summed E-state index contributed by atoms with van der Waals surface area (Å²) in [6.45, 7) is 3.13. The van der Waals surface area contributed by atoms with E-state index in [1.54, 1.807) is 56.3 Å². The van der Waals surface area contributed by atoms with Crippen molar-refractivity contribution in [3.05, 3.63) is 95.1 Å². The number of anilines is 2. The molecule has 0 heterocycles. The zero-order valence-corrected chi connectivity index (χ0v) is 19.1. The second-order valence-corrected chi connectivity index (χ2v) is 7.76. The smallest absolute Gasteiger partial charge is 0.330 e. The summed E-state index contributed by atoms with van der Waals surface area (Å²) < 4.78 is 39.6. The molecule has 0 unspecified atom stereocenters. The normalized spacial score (nSPS) is 11.0. The van der Waals surface area contributed by atoms with Gasteiger partial charge in [0.25, 0.3) is 11.8 Å². The van der Waals surface area contributed by atoms with Gasteiger partial charge < -0.3 is 15.5 Å². The molecule has 9 heteroatoms. The molecule has 2 N–H and O–H groups in total. The van der Waals surface area contributed by atoms with Gasteiger partial charge in [0.1, 0.15) is 6.54 Å². The molecule has 0 fully saturated rings. The van der Waals surface area contributed by atoms with E-state index in [0.717, 1.165) is 17.7 Å². The fourth-order valence-electron chi connectivity index (χ4n) is 3.39. The van der Waals surface area contributed by atoms with Crippen LogP contribution in [0.15, 0.2) is 72.8 Å². The van der Waals surface area contributed by atoms with Crippen LogP contribution in [0.4, 0.5) is 24.5 Å². The Balaban J connectivity index is 1.74. The molecule has 0 aliphatic carbocycles. The second kappa shape index (κ2) is 10.9. The number of likely N-dealkylation sites (N-methyl/N-ethyl adjacent to an activating group) is 1. The number of carbonyl (C=O) groups excluding carboxylic acids is 3. The molecule has 0 aromatic heterocycles. The maximum atomic E-state index is 13.2. The van der Waals surface area contributed by atoms with E-state index in [4.69, 9.17) is 0 Å². The van der Waals surface area contributed by atoms with E-state index < -0.39 is 30.1 Å². The third kappa shape index (κ3) is 6.47. The Bertz CT molecular complexity index is 1230. The van der Waals surface area contributed by atoms with E-state index in [0.29, 0.717) is 11.3 Å². The molecule has 35 heavy (non-hydrogen) atoms. The molecule has 0 bridgehead atoms. The zero-order valence-electron chi connectivity index (χ0n) is 19.1. The maximum Gasteiger partial charge on any atom is 0.418 e. The van der Waals surface area contributed by atoms with Crippen LogP contribution in [0, 0.1) is 6.92 Å². The van der Waals surface area contributed by atoms with Crippen LogP contribution in [0.25, 0.3) is 0 Å². The van der Waals surface area contributed by atoms with Crippen molar-refractivity contribution >= 4 is 29.1 Å². The highest BCUT2D eigenvalue weighted by Gasteiger charge is 2.33. The standard InChI is InChI=1S/C26H24F3N3O3/c1-3-32(16-23(33)30-21-12-8-7-11-20(21)26(27,28)29)25(35)19-14-13-17(2)22(15-19)31-24(34)18-9-5-4-6-10-18/h4-15H,3,16H2,1-2H3,(H,30,33)(H,31,34). The first kappa shape index (κ1) is 25.5. The van der Waals surface area contributed by atoms with Gasteiger partial charge in [-0.25, -0.2) is 0 Å². The van der Waals surface area contributed by atoms with Gasteiger partial charge in [0, 0.05) is 23.4 Å². The fraction of sp³-hybridized carbons (Fsp3) is 0.192. The number of hydrogen-bond donors (Lipinski definition) is 2. The Hall–Kier alpha value is -4.14. The van der Waals surface area contributed by atoms with Crippen molar-refractivity contribution in [2.45, 2.75) is 20.0 Å². The van der Waals surface area contributed by atoms with Crippen molar-refractivity contribution in [1.82, 2.24) is 4.90 Å². The molecular weight excluding hydrogens is 459 g/mol. The molecule has 182 valence electrons. The highest BCUT2D eigenvalue weighted by atomic mass is 19.4. The number of nitrogens with zero attached hydrogens (tertiary/aromatic N) is 1. The maximum absolute atomic E-state index is 13.2. The number of para-hydroxylation sites is 1. The van der Waals surface area contributed by atoms with Gasteiger partial charge in [-0.15, -0.1) is 0 Å². The summed E-state index contributed by atoms with van der Waals surface area (Å²) in [7, 11) is 0. The largest absolute Gasteiger partial charge is 0.418 e. The van der Waals surface area contributed by atoms with Gasteiger partial charge in [-0.05, 0) is 55.8 Å². The van der Waals surface area contributed by atoms with Crippen LogP contribution in [-0.4, -0.2) is 35.7 Å². The van der Waals surface area contributed by atoms with E-state index in [-0.39, 0.29) is 23.7 Å². The van der Waals surface area contributed by atoms with Gasteiger partial charge in [0.2, 0.25) is 5.91 Å². The summed E-state index contributed by atoms with van der Waals surface area (Å²) in [5.74, 6) is -1.60. The van der Waals surface area contributed by atoms with Gasteiger partial charge >= 0.3 is 6.18 Å². The van der Waals surface area contributed by atoms with E-state index >= 15 is 0 Å². The fourth-order valence-corrected chi connectivity index (χ4v) is 3.39. The topological polar surface area (TPSA) is 78.5 Å². The van der Waals surface area contributed by atoms with Crippen molar-refractivity contribution in [1.29, 1.82) is 0 Å². The number of aryl methyl sites for hydroxylation is 1. The third-order valence-corrected chi connectivity index (χ3v) is 5.28. The van der Waals surface area contributed by atoms with E-state index in [1.807, 2.05) is 0 Å². The molecule has 3 aromatic rings. The molecular formula is C26H24F3N3O3. The van der Waals surface area contributed by atoms with Crippen LogP contribution in [0.3, 0.4) is 0 Å². The average molecular weight is 483 g/mol. The van der Waals surface area contributed by atoms with Crippen LogP contribution in [0.5, 0.6) is 0 Å². The minimum absolute atomic E-state index is 0.146. The Labute approximate surface area is 200 Å². The van der Waals surface area contributed by atoms with Crippen molar-refractivity contribution < 1.29 is 27.6 Å². The molecule has 0 aliphatic heterocycles. The first-order valence-corrected chi connectivity index (χ1v) is 10.8. The predicted molar refractivity (Wildman–Crippen MR) is 127 cm³/mol. The van der Waals surface area contributed by atoms with Crippen LogP contribution < -0.4 is 10.6 Å². The summed E-state index contributed by atoms with van der Waals surface area (Å²) in [6.07, 6.45) is -4.63. The van der Waals surface area contributed by atoms with Crippen molar-refractivity contribution in [3.8, 4) is 0 Å². The van der Waals surface area contributed by atoms with Gasteiger partial charge in [-0.1, -0.05) is 36.4 Å². The molecule has 6 nitrogen and oxygen atoms in total. The Morgan fingerprint density at radius 3 is 2.14 bits per heavy atom. The number of halogens is 3. The number of nitrogens with one attached hydrogen (secondary N) is 2. The lowest BCUT2D eigenvalue weighted by Crippen LogP contribution is -2.38. The lowest BCUT2D eigenvalue weighted by atomic mass is 10.1. The van der Waals surface area contributed by atoms with Crippen molar-refractivity contribution in [2.75, 3.05) is 23.7 Å². The Morgan fingerprint density at radius 2 is 1.49 bits per heavy atom. The summed E-state index contributed by atoms with van der Waals surface area (Å²) in [5.41, 5.74) is 0.494. The van der Waals surface area contributed by atoms with E-state index in [1.165, 1.54) is 23.1 Å². The number of alkyl halides is 3. The summed E-state index contributed by atoms with van der Waals surface area (Å²) in [6, 6.07) is 18.0. The summed E-state index contributed by atoms with van der Waals surface area (Å²) in [5, 5.41) is 5.02. The number of benzene rings is 3. The molecule has 0 saturated carbocycles. The molecule has 3 amide bonds. The minimum atomic E-state index is -4.63. The van der Waals surface area contributed by atoms with Gasteiger partial charge in [-0.3, -0.25) is 14.4 Å². The summed E-state index contributed by atoms with van der Waals surface area (Å²) >= 11 is 0. The van der Waals surface area contributed by atoms with Crippen LogP contribution >= 0.6 is 0 Å². The van der Waals surface area contributed by atoms with Crippen molar-refractivity contribution in [3.63, 3.8) is 0 Å². The van der Waals surface area contributed by atoms with Gasteiger partial charge in [-0.2, -0.15) is 13.2 Å². The minimum Gasteiger partial charge on any atom is -0.330 e. The summed E-state index contributed by atoms with van der Waals surface area (Å²) in [4.78, 5) is 39.3. The van der Waals surface area contributed by atoms with Gasteiger partial charge in [0.05, 0.1) is 11.3 Å².